The van der Waals surface area contributed by atoms with Gasteiger partial charge in [0.15, 0.2) is 5.65 Å². The molecule has 4 heterocycles. The number of aromatic nitrogens is 5. The van der Waals surface area contributed by atoms with Crippen LogP contribution in [-0.2, 0) is 0 Å². The summed E-state index contributed by atoms with van der Waals surface area (Å²) in [4.78, 5) is 9.25. The minimum Gasteiger partial charge on any atom is -0.353 e. The minimum absolute atomic E-state index is 0.301. The van der Waals surface area contributed by atoms with Gasteiger partial charge in [0.1, 0.15) is 18.2 Å². The molecular formula is C22H22FN7. The molecule has 0 aliphatic carbocycles. The van der Waals surface area contributed by atoms with Crippen molar-refractivity contribution in [3.05, 3.63) is 60.9 Å². The van der Waals surface area contributed by atoms with Crippen molar-refractivity contribution in [1.29, 1.82) is 0 Å². The molecule has 3 aromatic heterocycles. The van der Waals surface area contributed by atoms with E-state index in [0.717, 1.165) is 60.2 Å². The quantitative estimate of drug-likeness (QED) is 0.511. The van der Waals surface area contributed by atoms with E-state index in [2.05, 4.69) is 20.0 Å². The minimum atomic E-state index is -0.301. The molecule has 5 rings (SSSR count). The first-order valence-corrected chi connectivity index (χ1v) is 10.1. The molecule has 0 unspecified atom stereocenters. The molecular weight excluding hydrogens is 381 g/mol. The molecule has 7 nitrogen and oxygen atoms in total. The van der Waals surface area contributed by atoms with E-state index < -0.39 is 0 Å². The summed E-state index contributed by atoms with van der Waals surface area (Å²) < 4.78 is 14.5. The average Bonchev–Trinajstić information content (AvgIpc) is 3.20. The van der Waals surface area contributed by atoms with Gasteiger partial charge >= 0.3 is 0 Å². The zero-order chi connectivity index (χ0) is 20.3. The van der Waals surface area contributed by atoms with Gasteiger partial charge in [0, 0.05) is 43.9 Å². The molecule has 0 bridgehead atoms. The Kier molecular flexibility index (Phi) is 5.06. The number of fused-ring (bicyclic) bond motifs is 1. The molecule has 1 aliphatic rings. The summed E-state index contributed by atoms with van der Waals surface area (Å²) in [5.74, 6) is 0.891. The Morgan fingerprint density at radius 1 is 0.867 bits per heavy atom. The number of alkyl halides is 1. The standard InChI is InChI=1S/C22H22FN7/c23-9-11-28-12-14-29(15-13-28)20-7-6-19-26-21(17-4-2-1-3-5-17)22(30(19)27-20)18-8-10-24-25-16-18/h1-8,10,16H,9,11-15H2. The number of nitrogens with zero attached hydrogens (tertiary/aromatic N) is 7. The van der Waals surface area contributed by atoms with Gasteiger partial charge in [-0.05, 0) is 18.2 Å². The monoisotopic (exact) mass is 403 g/mol. The average molecular weight is 403 g/mol. The molecule has 1 aliphatic heterocycles. The highest BCUT2D eigenvalue weighted by Gasteiger charge is 2.21. The maximum atomic E-state index is 12.6. The van der Waals surface area contributed by atoms with Crippen LogP contribution in [0.25, 0.3) is 28.2 Å². The van der Waals surface area contributed by atoms with Gasteiger partial charge in [-0.3, -0.25) is 4.90 Å². The van der Waals surface area contributed by atoms with Crippen LogP contribution >= 0.6 is 0 Å². The van der Waals surface area contributed by atoms with Crippen molar-refractivity contribution >= 4 is 11.5 Å². The van der Waals surface area contributed by atoms with Crippen molar-refractivity contribution in [2.45, 2.75) is 0 Å². The van der Waals surface area contributed by atoms with Gasteiger partial charge in [0.05, 0.1) is 18.1 Å². The molecule has 0 radical (unpaired) electrons. The van der Waals surface area contributed by atoms with Gasteiger partial charge in [-0.15, -0.1) is 5.10 Å². The maximum absolute atomic E-state index is 12.6. The first-order chi connectivity index (χ1) is 14.8. The van der Waals surface area contributed by atoms with Crippen LogP contribution in [-0.4, -0.2) is 69.1 Å². The predicted molar refractivity (Wildman–Crippen MR) is 114 cm³/mol. The van der Waals surface area contributed by atoms with Gasteiger partial charge in [0.25, 0.3) is 0 Å². The summed E-state index contributed by atoms with van der Waals surface area (Å²) in [6.45, 7) is 3.52. The smallest absolute Gasteiger partial charge is 0.155 e. The molecule has 4 aromatic rings. The molecule has 0 amide bonds. The molecule has 1 aromatic carbocycles. The molecule has 8 heteroatoms. The highest BCUT2D eigenvalue weighted by molar-refractivity contribution is 5.81. The highest BCUT2D eigenvalue weighted by atomic mass is 19.1. The third-order valence-corrected chi connectivity index (χ3v) is 5.47. The largest absolute Gasteiger partial charge is 0.353 e. The number of imidazole rings is 1. The lowest BCUT2D eigenvalue weighted by molar-refractivity contribution is 0.235. The van der Waals surface area contributed by atoms with E-state index in [1.165, 1.54) is 0 Å². The van der Waals surface area contributed by atoms with E-state index in [4.69, 9.17) is 10.1 Å². The van der Waals surface area contributed by atoms with Gasteiger partial charge < -0.3 is 4.90 Å². The Hall–Kier alpha value is -3.39. The molecule has 0 spiro atoms. The van der Waals surface area contributed by atoms with Crippen molar-refractivity contribution in [3.63, 3.8) is 0 Å². The highest BCUT2D eigenvalue weighted by Crippen LogP contribution is 2.32. The summed E-state index contributed by atoms with van der Waals surface area (Å²) in [7, 11) is 0. The topological polar surface area (TPSA) is 62.5 Å². The number of hydrogen-bond acceptors (Lipinski definition) is 6. The fourth-order valence-corrected chi connectivity index (χ4v) is 3.90. The Morgan fingerprint density at radius 3 is 2.43 bits per heavy atom. The van der Waals surface area contributed by atoms with E-state index in [0.29, 0.717) is 6.54 Å². The molecule has 0 N–H and O–H groups in total. The van der Waals surface area contributed by atoms with E-state index in [1.807, 2.05) is 53.0 Å². The van der Waals surface area contributed by atoms with Crippen LogP contribution < -0.4 is 4.90 Å². The predicted octanol–water partition coefficient (Wildman–Crippen LogP) is 2.94. The fraction of sp³-hybridized carbons (Fsp3) is 0.273. The second-order valence-corrected chi connectivity index (χ2v) is 7.29. The zero-order valence-corrected chi connectivity index (χ0v) is 16.5. The van der Waals surface area contributed by atoms with Crippen LogP contribution in [0.1, 0.15) is 0 Å². The van der Waals surface area contributed by atoms with Gasteiger partial charge in [-0.1, -0.05) is 30.3 Å². The maximum Gasteiger partial charge on any atom is 0.155 e. The Morgan fingerprint density at radius 2 is 1.70 bits per heavy atom. The Balaban J connectivity index is 1.58. The summed E-state index contributed by atoms with van der Waals surface area (Å²) >= 11 is 0. The Bertz CT molecular complexity index is 1120. The van der Waals surface area contributed by atoms with Crippen LogP contribution in [0.3, 0.4) is 0 Å². The molecule has 1 fully saturated rings. The van der Waals surface area contributed by atoms with E-state index in [1.54, 1.807) is 12.4 Å². The second-order valence-electron chi connectivity index (χ2n) is 7.29. The second kappa shape index (κ2) is 8.16. The van der Waals surface area contributed by atoms with Gasteiger partial charge in [0.2, 0.25) is 0 Å². The molecule has 30 heavy (non-hydrogen) atoms. The Labute approximate surface area is 173 Å². The molecule has 0 saturated carbocycles. The fourth-order valence-electron chi connectivity index (χ4n) is 3.90. The van der Waals surface area contributed by atoms with Crippen LogP contribution in [0, 0.1) is 0 Å². The van der Waals surface area contributed by atoms with Crippen LogP contribution in [0.4, 0.5) is 10.2 Å². The third-order valence-electron chi connectivity index (χ3n) is 5.47. The van der Waals surface area contributed by atoms with Crippen molar-refractivity contribution in [2.24, 2.45) is 0 Å². The SMILES string of the molecule is FCCN1CCN(c2ccc3nc(-c4ccccc4)c(-c4ccnnc4)n3n2)CC1. The van der Waals surface area contributed by atoms with Gasteiger partial charge in [-0.25, -0.2) is 13.9 Å². The lowest BCUT2D eigenvalue weighted by atomic mass is 10.1. The zero-order valence-electron chi connectivity index (χ0n) is 16.5. The van der Waals surface area contributed by atoms with Crippen molar-refractivity contribution in [1.82, 2.24) is 29.7 Å². The van der Waals surface area contributed by atoms with E-state index in [-0.39, 0.29) is 6.67 Å². The number of hydrogen-bond donors (Lipinski definition) is 0. The molecule has 0 atom stereocenters. The first kappa shape index (κ1) is 18.6. The van der Waals surface area contributed by atoms with Crippen LogP contribution in [0.5, 0.6) is 0 Å². The number of benzene rings is 1. The van der Waals surface area contributed by atoms with Crippen molar-refractivity contribution in [3.8, 4) is 22.5 Å². The number of rotatable bonds is 5. The van der Waals surface area contributed by atoms with Gasteiger partial charge in [-0.2, -0.15) is 10.2 Å². The number of anilines is 1. The summed E-state index contributed by atoms with van der Waals surface area (Å²) in [5, 5.41) is 12.9. The van der Waals surface area contributed by atoms with Crippen molar-refractivity contribution < 1.29 is 4.39 Å². The number of piperazine rings is 1. The van der Waals surface area contributed by atoms with E-state index >= 15 is 0 Å². The number of halogens is 1. The first-order valence-electron chi connectivity index (χ1n) is 10.1. The summed E-state index contributed by atoms with van der Waals surface area (Å²) in [6.07, 6.45) is 3.41. The van der Waals surface area contributed by atoms with Crippen LogP contribution in [0.15, 0.2) is 60.9 Å². The van der Waals surface area contributed by atoms with Crippen LogP contribution in [0.2, 0.25) is 0 Å². The lowest BCUT2D eigenvalue weighted by Crippen LogP contribution is -2.47. The van der Waals surface area contributed by atoms with E-state index in [9.17, 15) is 4.39 Å². The normalized spacial score (nSPS) is 15.0. The third kappa shape index (κ3) is 3.50. The lowest BCUT2D eigenvalue weighted by Gasteiger charge is -2.34. The van der Waals surface area contributed by atoms with Crippen molar-refractivity contribution in [2.75, 3.05) is 44.3 Å². The summed E-state index contributed by atoms with van der Waals surface area (Å²) in [6, 6.07) is 16.0. The molecule has 152 valence electrons. The summed E-state index contributed by atoms with van der Waals surface area (Å²) in [5.41, 5.74) is 4.47. The molecule has 1 saturated heterocycles.